The molecule has 3 rings (SSSR count). The number of aryl methyl sites for hydroxylation is 2. The third kappa shape index (κ3) is 4.13. The summed E-state index contributed by atoms with van der Waals surface area (Å²) >= 11 is 0. The van der Waals surface area contributed by atoms with Crippen molar-refractivity contribution in [3.8, 4) is 0 Å². The molecule has 3 heterocycles. The molecule has 0 aliphatic carbocycles. The molecule has 1 amide bonds. The summed E-state index contributed by atoms with van der Waals surface area (Å²) in [6.07, 6.45) is 3.57. The van der Waals surface area contributed by atoms with Gasteiger partial charge < -0.3 is 10.2 Å². The van der Waals surface area contributed by atoms with E-state index in [1.165, 1.54) is 0 Å². The number of anilines is 2. The fraction of sp³-hybridized carbons (Fsp3) is 0.474. The smallest absolute Gasteiger partial charge is 0.222 e. The summed E-state index contributed by atoms with van der Waals surface area (Å²) in [6.45, 7) is 6.60. The zero-order valence-electron chi connectivity index (χ0n) is 15.1. The van der Waals surface area contributed by atoms with E-state index in [1.807, 2.05) is 49.9 Å². The molecule has 0 saturated carbocycles. The Hall–Kier alpha value is -2.50. The average molecular weight is 339 g/mol. The first-order valence-electron chi connectivity index (χ1n) is 8.92. The maximum atomic E-state index is 12.3. The van der Waals surface area contributed by atoms with E-state index < -0.39 is 0 Å². The van der Waals surface area contributed by atoms with Crippen LogP contribution in [0.4, 0.5) is 11.6 Å². The Balaban J connectivity index is 1.88. The summed E-state index contributed by atoms with van der Waals surface area (Å²) in [5.74, 6) is 2.37. The molecule has 6 heteroatoms. The molecule has 1 aliphatic heterocycles. The summed E-state index contributed by atoms with van der Waals surface area (Å²) < 4.78 is 0. The van der Waals surface area contributed by atoms with Gasteiger partial charge in [0.05, 0.1) is 6.04 Å². The molecule has 0 unspecified atom stereocenters. The number of pyridine rings is 1. The highest BCUT2D eigenvalue weighted by Gasteiger charge is 2.29. The molecule has 1 fully saturated rings. The van der Waals surface area contributed by atoms with Gasteiger partial charge in [-0.05, 0) is 45.2 Å². The van der Waals surface area contributed by atoms with E-state index in [0.717, 1.165) is 54.7 Å². The van der Waals surface area contributed by atoms with Crippen LogP contribution in [0.15, 0.2) is 24.3 Å². The molecule has 1 aliphatic rings. The Labute approximate surface area is 148 Å². The highest BCUT2D eigenvalue weighted by molar-refractivity contribution is 5.76. The van der Waals surface area contributed by atoms with Gasteiger partial charge in [-0.25, -0.2) is 15.0 Å². The number of hydrogen-bond acceptors (Lipinski definition) is 5. The van der Waals surface area contributed by atoms with Gasteiger partial charge in [-0.15, -0.1) is 0 Å². The van der Waals surface area contributed by atoms with Gasteiger partial charge in [0.1, 0.15) is 11.6 Å². The number of amides is 1. The Morgan fingerprint density at radius 2 is 2.00 bits per heavy atom. The standard InChI is InChI=1S/C19H25N5O/c1-4-18(25)24-11-6-5-9-15(24)19-21-14(3)12-17(23-19)22-16-10-7-8-13(2)20-16/h7-8,10,12,15H,4-6,9,11H2,1-3H3,(H,20,21,22,23)/t15-/m0/s1. The number of nitrogens with one attached hydrogen (secondary N) is 1. The van der Waals surface area contributed by atoms with Crippen LogP contribution in [-0.2, 0) is 4.79 Å². The SMILES string of the molecule is CCC(=O)N1CCCC[C@H]1c1nc(C)cc(Nc2cccc(C)n2)n1. The molecule has 0 bridgehead atoms. The van der Waals surface area contributed by atoms with Crippen LogP contribution in [0, 0.1) is 13.8 Å². The van der Waals surface area contributed by atoms with Gasteiger partial charge in [0.15, 0.2) is 5.82 Å². The Morgan fingerprint density at radius 3 is 2.76 bits per heavy atom. The number of aromatic nitrogens is 3. The normalized spacial score (nSPS) is 17.4. The molecule has 2 aromatic rings. The van der Waals surface area contributed by atoms with Crippen LogP contribution >= 0.6 is 0 Å². The molecule has 132 valence electrons. The predicted octanol–water partition coefficient (Wildman–Crippen LogP) is 3.70. The lowest BCUT2D eigenvalue weighted by molar-refractivity contribution is -0.134. The first-order chi connectivity index (χ1) is 12.1. The highest BCUT2D eigenvalue weighted by atomic mass is 16.2. The first kappa shape index (κ1) is 17.3. The molecule has 6 nitrogen and oxygen atoms in total. The minimum Gasteiger partial charge on any atom is -0.332 e. The van der Waals surface area contributed by atoms with Crippen LogP contribution in [0.5, 0.6) is 0 Å². The Morgan fingerprint density at radius 1 is 1.16 bits per heavy atom. The van der Waals surface area contributed by atoms with Crippen molar-refractivity contribution in [2.24, 2.45) is 0 Å². The van der Waals surface area contributed by atoms with Gasteiger partial charge in [0, 0.05) is 30.4 Å². The lowest BCUT2D eigenvalue weighted by Gasteiger charge is -2.34. The molecule has 2 aromatic heterocycles. The van der Waals surface area contributed by atoms with Crippen LogP contribution in [-0.4, -0.2) is 32.3 Å². The summed E-state index contributed by atoms with van der Waals surface area (Å²) in [7, 11) is 0. The van der Waals surface area contributed by atoms with Crippen LogP contribution in [0.3, 0.4) is 0 Å². The van der Waals surface area contributed by atoms with E-state index >= 15 is 0 Å². The molecular weight excluding hydrogens is 314 g/mol. The number of carbonyl (C=O) groups excluding carboxylic acids is 1. The lowest BCUT2D eigenvalue weighted by Crippen LogP contribution is -2.39. The van der Waals surface area contributed by atoms with Crippen molar-refractivity contribution >= 4 is 17.5 Å². The van der Waals surface area contributed by atoms with Crippen molar-refractivity contribution in [2.75, 3.05) is 11.9 Å². The molecule has 1 atom stereocenters. The fourth-order valence-electron chi connectivity index (χ4n) is 3.25. The third-order valence-electron chi connectivity index (χ3n) is 4.44. The second-order valence-electron chi connectivity index (χ2n) is 6.49. The van der Waals surface area contributed by atoms with E-state index in [4.69, 9.17) is 4.98 Å². The minimum absolute atomic E-state index is 0.0351. The Kier molecular flexibility index (Phi) is 5.26. The zero-order chi connectivity index (χ0) is 17.8. The van der Waals surface area contributed by atoms with E-state index in [1.54, 1.807) is 0 Å². The summed E-state index contributed by atoms with van der Waals surface area (Å²) in [5.41, 5.74) is 1.83. The molecule has 1 saturated heterocycles. The van der Waals surface area contributed by atoms with Crippen molar-refractivity contribution in [3.63, 3.8) is 0 Å². The number of hydrogen-bond donors (Lipinski definition) is 1. The van der Waals surface area contributed by atoms with Gasteiger partial charge in [0.2, 0.25) is 5.91 Å². The average Bonchev–Trinajstić information content (AvgIpc) is 2.60. The van der Waals surface area contributed by atoms with Crippen molar-refractivity contribution in [2.45, 2.75) is 52.5 Å². The number of carbonyl (C=O) groups is 1. The number of likely N-dealkylation sites (tertiary alicyclic amines) is 1. The largest absolute Gasteiger partial charge is 0.332 e. The summed E-state index contributed by atoms with van der Waals surface area (Å²) in [4.78, 5) is 28.0. The summed E-state index contributed by atoms with van der Waals surface area (Å²) in [5, 5.41) is 3.26. The maximum absolute atomic E-state index is 12.3. The lowest BCUT2D eigenvalue weighted by atomic mass is 10.0. The van der Waals surface area contributed by atoms with Crippen LogP contribution < -0.4 is 5.32 Å². The summed E-state index contributed by atoms with van der Waals surface area (Å²) in [6, 6.07) is 7.70. The third-order valence-corrected chi connectivity index (χ3v) is 4.44. The van der Waals surface area contributed by atoms with Gasteiger partial charge in [-0.1, -0.05) is 13.0 Å². The van der Waals surface area contributed by atoms with E-state index in [9.17, 15) is 4.79 Å². The number of nitrogens with zero attached hydrogens (tertiary/aromatic N) is 4. The highest BCUT2D eigenvalue weighted by Crippen LogP contribution is 2.30. The second-order valence-corrected chi connectivity index (χ2v) is 6.49. The second kappa shape index (κ2) is 7.59. The van der Waals surface area contributed by atoms with Gasteiger partial charge in [-0.3, -0.25) is 4.79 Å². The number of rotatable bonds is 4. The van der Waals surface area contributed by atoms with Crippen molar-refractivity contribution < 1.29 is 4.79 Å². The molecule has 0 aromatic carbocycles. The monoisotopic (exact) mass is 339 g/mol. The Bertz CT molecular complexity index is 761. The van der Waals surface area contributed by atoms with E-state index in [0.29, 0.717) is 6.42 Å². The maximum Gasteiger partial charge on any atom is 0.222 e. The van der Waals surface area contributed by atoms with Crippen molar-refractivity contribution in [1.82, 2.24) is 19.9 Å². The fourth-order valence-corrected chi connectivity index (χ4v) is 3.25. The van der Waals surface area contributed by atoms with E-state index in [-0.39, 0.29) is 11.9 Å². The van der Waals surface area contributed by atoms with Gasteiger partial charge in [0.25, 0.3) is 0 Å². The molecule has 1 N–H and O–H groups in total. The van der Waals surface area contributed by atoms with Crippen LogP contribution in [0.1, 0.15) is 55.9 Å². The minimum atomic E-state index is -0.0351. The van der Waals surface area contributed by atoms with Crippen molar-refractivity contribution in [1.29, 1.82) is 0 Å². The first-order valence-corrected chi connectivity index (χ1v) is 8.92. The topological polar surface area (TPSA) is 71.0 Å². The van der Waals surface area contributed by atoms with E-state index in [2.05, 4.69) is 15.3 Å². The predicted molar refractivity (Wildman–Crippen MR) is 97.6 cm³/mol. The number of piperidine rings is 1. The van der Waals surface area contributed by atoms with Gasteiger partial charge in [-0.2, -0.15) is 0 Å². The zero-order valence-corrected chi connectivity index (χ0v) is 15.1. The molecule has 0 radical (unpaired) electrons. The van der Waals surface area contributed by atoms with Crippen LogP contribution in [0.25, 0.3) is 0 Å². The van der Waals surface area contributed by atoms with Gasteiger partial charge >= 0.3 is 0 Å². The molecule has 0 spiro atoms. The van der Waals surface area contributed by atoms with Crippen molar-refractivity contribution in [3.05, 3.63) is 41.5 Å². The van der Waals surface area contributed by atoms with Crippen LogP contribution in [0.2, 0.25) is 0 Å². The quantitative estimate of drug-likeness (QED) is 0.920. The molecular formula is C19H25N5O. The molecule has 25 heavy (non-hydrogen) atoms.